The topological polar surface area (TPSA) is 59.3 Å². The van der Waals surface area contributed by atoms with E-state index in [1.54, 1.807) is 0 Å². The molecule has 1 heterocycles. The molecule has 0 aromatic rings. The summed E-state index contributed by atoms with van der Waals surface area (Å²) in [6, 6.07) is 2.20. The van der Waals surface area contributed by atoms with Crippen molar-refractivity contribution in [3.63, 3.8) is 0 Å². The minimum Gasteiger partial charge on any atom is -0.390 e. The van der Waals surface area contributed by atoms with Crippen molar-refractivity contribution in [3.05, 3.63) is 0 Å². The molecule has 0 saturated carbocycles. The molecule has 4 nitrogen and oxygen atoms in total. The lowest BCUT2D eigenvalue weighted by atomic mass is 9.88. The SMILES string of the molecule is CC1CCN(CC(O)CNCC(C)(C)CCC#N)CC1. The number of nitriles is 1. The molecule has 20 heavy (non-hydrogen) atoms. The molecule has 0 aliphatic carbocycles. The molecule has 2 N–H and O–H groups in total. The second-order valence-corrected chi connectivity index (χ2v) is 7.09. The van der Waals surface area contributed by atoms with Gasteiger partial charge in [0.25, 0.3) is 0 Å². The zero-order chi connectivity index (χ0) is 15.0. The highest BCUT2D eigenvalue weighted by Crippen LogP contribution is 2.20. The van der Waals surface area contributed by atoms with Crippen LogP contribution in [0.2, 0.25) is 0 Å². The van der Waals surface area contributed by atoms with E-state index >= 15 is 0 Å². The second kappa shape index (κ2) is 8.61. The Kier molecular flexibility index (Phi) is 7.50. The molecule has 0 aromatic carbocycles. The number of nitrogens with zero attached hydrogens (tertiary/aromatic N) is 2. The normalized spacial score (nSPS) is 19.8. The first-order valence-corrected chi connectivity index (χ1v) is 7.91. The van der Waals surface area contributed by atoms with Gasteiger partial charge in [0, 0.05) is 26.1 Å². The Hall–Kier alpha value is -0.630. The number of aliphatic hydroxyl groups is 1. The lowest BCUT2D eigenvalue weighted by Crippen LogP contribution is -2.43. The van der Waals surface area contributed by atoms with E-state index < -0.39 is 0 Å². The highest BCUT2D eigenvalue weighted by Gasteiger charge is 2.20. The summed E-state index contributed by atoms with van der Waals surface area (Å²) >= 11 is 0. The van der Waals surface area contributed by atoms with Gasteiger partial charge in [0.2, 0.25) is 0 Å². The standard InChI is InChI=1S/C16H31N3O/c1-14-5-9-19(10-6-14)12-15(20)11-18-13-16(2,3)7-4-8-17/h14-15,18,20H,4-7,9-13H2,1-3H3. The maximum absolute atomic E-state index is 10.1. The smallest absolute Gasteiger partial charge is 0.0791 e. The van der Waals surface area contributed by atoms with E-state index in [0.717, 1.165) is 38.5 Å². The monoisotopic (exact) mass is 281 g/mol. The fraction of sp³-hybridized carbons (Fsp3) is 0.938. The van der Waals surface area contributed by atoms with Crippen molar-refractivity contribution < 1.29 is 5.11 Å². The van der Waals surface area contributed by atoms with Crippen LogP contribution in [-0.2, 0) is 0 Å². The Morgan fingerprint density at radius 2 is 2.05 bits per heavy atom. The summed E-state index contributed by atoms with van der Waals surface area (Å²) < 4.78 is 0. The average Bonchev–Trinajstić information content (AvgIpc) is 2.39. The number of aliphatic hydroxyl groups excluding tert-OH is 1. The maximum atomic E-state index is 10.1. The molecule has 1 atom stereocenters. The van der Waals surface area contributed by atoms with E-state index in [4.69, 9.17) is 5.26 Å². The molecule has 0 bridgehead atoms. The van der Waals surface area contributed by atoms with Crippen LogP contribution < -0.4 is 5.32 Å². The van der Waals surface area contributed by atoms with Gasteiger partial charge in [-0.25, -0.2) is 0 Å². The minimum absolute atomic E-state index is 0.121. The number of β-amino-alcohol motifs (C(OH)–C–C–N with tert-alkyl or cyclic N) is 1. The largest absolute Gasteiger partial charge is 0.390 e. The van der Waals surface area contributed by atoms with Crippen LogP contribution in [0.5, 0.6) is 0 Å². The number of rotatable bonds is 8. The zero-order valence-electron chi connectivity index (χ0n) is 13.4. The Morgan fingerprint density at radius 1 is 1.40 bits per heavy atom. The summed E-state index contributed by atoms with van der Waals surface area (Å²) in [4.78, 5) is 2.37. The molecule has 1 saturated heterocycles. The van der Waals surface area contributed by atoms with Gasteiger partial charge in [-0.3, -0.25) is 0 Å². The first kappa shape index (κ1) is 17.4. The Labute approximate surface area is 124 Å². The molecule has 1 unspecified atom stereocenters. The van der Waals surface area contributed by atoms with Crippen molar-refractivity contribution in [2.75, 3.05) is 32.7 Å². The molecular weight excluding hydrogens is 250 g/mol. The van der Waals surface area contributed by atoms with Gasteiger partial charge < -0.3 is 15.3 Å². The fourth-order valence-electron chi connectivity index (χ4n) is 2.67. The molecule has 1 aliphatic rings. The third kappa shape index (κ3) is 7.23. The Morgan fingerprint density at radius 3 is 2.65 bits per heavy atom. The summed E-state index contributed by atoms with van der Waals surface area (Å²) in [6.07, 6.45) is 3.71. The lowest BCUT2D eigenvalue weighted by molar-refractivity contribution is 0.0888. The van der Waals surface area contributed by atoms with E-state index in [9.17, 15) is 5.11 Å². The van der Waals surface area contributed by atoms with Gasteiger partial charge in [-0.15, -0.1) is 0 Å². The summed E-state index contributed by atoms with van der Waals surface area (Å²) in [6.45, 7) is 11.1. The Balaban J connectivity index is 2.13. The molecule has 0 aromatic heterocycles. The molecule has 1 aliphatic heterocycles. The van der Waals surface area contributed by atoms with Gasteiger partial charge in [0.1, 0.15) is 0 Å². The maximum Gasteiger partial charge on any atom is 0.0791 e. The summed E-state index contributed by atoms with van der Waals surface area (Å²) in [5.74, 6) is 0.836. The van der Waals surface area contributed by atoms with Crippen LogP contribution in [0.15, 0.2) is 0 Å². The van der Waals surface area contributed by atoms with Crippen LogP contribution in [0.25, 0.3) is 0 Å². The van der Waals surface area contributed by atoms with Crippen molar-refractivity contribution in [2.24, 2.45) is 11.3 Å². The third-order valence-corrected chi connectivity index (χ3v) is 4.24. The van der Waals surface area contributed by atoms with Crippen molar-refractivity contribution in [1.82, 2.24) is 10.2 Å². The third-order valence-electron chi connectivity index (χ3n) is 4.24. The van der Waals surface area contributed by atoms with E-state index in [-0.39, 0.29) is 11.5 Å². The van der Waals surface area contributed by atoms with E-state index in [2.05, 4.69) is 37.1 Å². The van der Waals surface area contributed by atoms with E-state index in [0.29, 0.717) is 13.0 Å². The number of hydrogen-bond donors (Lipinski definition) is 2. The van der Waals surface area contributed by atoms with Gasteiger partial charge in [-0.1, -0.05) is 20.8 Å². The van der Waals surface area contributed by atoms with Gasteiger partial charge in [-0.2, -0.15) is 5.26 Å². The first-order valence-electron chi connectivity index (χ1n) is 7.91. The van der Waals surface area contributed by atoms with Crippen molar-refractivity contribution in [1.29, 1.82) is 5.26 Å². The highest BCUT2D eigenvalue weighted by atomic mass is 16.3. The molecule has 0 amide bonds. The number of likely N-dealkylation sites (tertiary alicyclic amines) is 1. The number of hydrogen-bond acceptors (Lipinski definition) is 4. The van der Waals surface area contributed by atoms with Crippen LogP contribution in [0.1, 0.15) is 46.5 Å². The lowest BCUT2D eigenvalue weighted by Gasteiger charge is -2.32. The molecule has 116 valence electrons. The zero-order valence-corrected chi connectivity index (χ0v) is 13.4. The molecule has 1 rings (SSSR count). The van der Waals surface area contributed by atoms with Crippen LogP contribution in [-0.4, -0.2) is 48.8 Å². The van der Waals surface area contributed by atoms with Gasteiger partial charge in [0.05, 0.1) is 12.2 Å². The summed E-state index contributed by atoms with van der Waals surface area (Å²) in [5.41, 5.74) is 0.121. The highest BCUT2D eigenvalue weighted by molar-refractivity contribution is 4.80. The van der Waals surface area contributed by atoms with Crippen LogP contribution >= 0.6 is 0 Å². The predicted molar refractivity (Wildman–Crippen MR) is 82.3 cm³/mol. The van der Waals surface area contributed by atoms with Crippen molar-refractivity contribution >= 4 is 0 Å². The van der Waals surface area contributed by atoms with Crippen LogP contribution in [0.4, 0.5) is 0 Å². The quantitative estimate of drug-likeness (QED) is 0.714. The summed E-state index contributed by atoms with van der Waals surface area (Å²) in [7, 11) is 0. The van der Waals surface area contributed by atoms with Crippen molar-refractivity contribution in [3.8, 4) is 6.07 Å². The first-order chi connectivity index (χ1) is 9.43. The molecule has 0 spiro atoms. The number of nitrogens with one attached hydrogen (secondary N) is 1. The van der Waals surface area contributed by atoms with Gasteiger partial charge in [0.15, 0.2) is 0 Å². The summed E-state index contributed by atoms with van der Waals surface area (Å²) in [5, 5.41) is 22.1. The minimum atomic E-state index is -0.296. The average molecular weight is 281 g/mol. The molecule has 0 radical (unpaired) electrons. The molecule has 1 fully saturated rings. The number of piperidine rings is 1. The van der Waals surface area contributed by atoms with E-state index in [1.165, 1.54) is 12.8 Å². The fourth-order valence-corrected chi connectivity index (χ4v) is 2.67. The van der Waals surface area contributed by atoms with Crippen molar-refractivity contribution in [2.45, 2.75) is 52.6 Å². The molecule has 4 heteroatoms. The van der Waals surface area contributed by atoms with Crippen LogP contribution in [0, 0.1) is 22.7 Å². The van der Waals surface area contributed by atoms with Gasteiger partial charge >= 0.3 is 0 Å². The van der Waals surface area contributed by atoms with E-state index in [1.807, 2.05) is 0 Å². The Bertz CT molecular complexity index is 303. The van der Waals surface area contributed by atoms with Crippen LogP contribution in [0.3, 0.4) is 0 Å². The van der Waals surface area contributed by atoms with Gasteiger partial charge in [-0.05, 0) is 43.7 Å². The molecular formula is C16H31N3O. The predicted octanol–water partition coefficient (Wildman–Crippen LogP) is 2.00. The second-order valence-electron chi connectivity index (χ2n) is 7.09.